The summed E-state index contributed by atoms with van der Waals surface area (Å²) in [5.41, 5.74) is 4.88. The lowest BCUT2D eigenvalue weighted by Crippen LogP contribution is -2.41. The van der Waals surface area contributed by atoms with Crippen LogP contribution >= 0.6 is 11.6 Å². The molecule has 2 fully saturated rings. The summed E-state index contributed by atoms with van der Waals surface area (Å²) in [6, 6.07) is 0.146. The fourth-order valence-electron chi connectivity index (χ4n) is 3.75. The Hall–Kier alpha value is -2.20. The maximum Gasteiger partial charge on any atom is 0.243 e. The Kier molecular flexibility index (Phi) is 7.43. The number of nitrogens with one attached hydrogen (secondary N) is 3. The first kappa shape index (κ1) is 21.5. The number of carbonyl (C=O) groups excluding carboxylic acids is 2. The van der Waals surface area contributed by atoms with E-state index in [0.29, 0.717) is 17.4 Å². The van der Waals surface area contributed by atoms with E-state index in [1.807, 2.05) is 0 Å². The molecular weight excluding hydrogens is 403 g/mol. The number of hydrogen-bond donors (Lipinski definition) is 4. The quantitative estimate of drug-likeness (QED) is 0.196. The number of aromatic nitrogens is 2. The lowest BCUT2D eigenvalue weighted by molar-refractivity contribution is -0.154. The highest BCUT2D eigenvalue weighted by molar-refractivity contribution is 6.28. The number of anilines is 2. The van der Waals surface area contributed by atoms with E-state index in [2.05, 4.69) is 26.1 Å². The molecule has 0 bridgehead atoms. The van der Waals surface area contributed by atoms with Gasteiger partial charge in [-0.2, -0.15) is 14.4 Å². The Morgan fingerprint density at radius 2 is 1.93 bits per heavy atom. The van der Waals surface area contributed by atoms with Crippen molar-refractivity contribution in [1.82, 2.24) is 20.5 Å². The summed E-state index contributed by atoms with van der Waals surface area (Å²) in [5.74, 6) is -1.78. The number of amides is 2. The SMILES string of the molecule is O=CN(O)C[C@H](CC1CCCC1)C(=O)NNc1nc(Cl)nc(NC2CCC2)c1F. The van der Waals surface area contributed by atoms with Gasteiger partial charge >= 0.3 is 0 Å². The van der Waals surface area contributed by atoms with Gasteiger partial charge in [0, 0.05) is 6.04 Å². The van der Waals surface area contributed by atoms with Crippen molar-refractivity contribution in [3.05, 3.63) is 11.1 Å². The van der Waals surface area contributed by atoms with E-state index < -0.39 is 17.6 Å². The summed E-state index contributed by atoms with van der Waals surface area (Å²) in [4.78, 5) is 31.1. The molecule has 3 rings (SSSR count). The van der Waals surface area contributed by atoms with Crippen LogP contribution in [0.5, 0.6) is 0 Å². The van der Waals surface area contributed by atoms with Gasteiger partial charge in [-0.25, -0.2) is 5.06 Å². The van der Waals surface area contributed by atoms with Crippen LogP contribution in [0, 0.1) is 17.7 Å². The number of carbonyl (C=O) groups is 2. The van der Waals surface area contributed by atoms with E-state index in [9.17, 15) is 19.2 Å². The van der Waals surface area contributed by atoms with Crippen molar-refractivity contribution in [1.29, 1.82) is 0 Å². The average Bonchev–Trinajstić information content (AvgIpc) is 3.17. The fourth-order valence-corrected chi connectivity index (χ4v) is 3.92. The second kappa shape index (κ2) is 10.0. The van der Waals surface area contributed by atoms with Crippen LogP contribution in [0.2, 0.25) is 5.28 Å². The third kappa shape index (κ3) is 5.89. The van der Waals surface area contributed by atoms with Crippen molar-refractivity contribution in [2.75, 3.05) is 17.3 Å². The summed E-state index contributed by atoms with van der Waals surface area (Å²) >= 11 is 5.89. The lowest BCUT2D eigenvalue weighted by Gasteiger charge is -2.27. The predicted molar refractivity (Wildman–Crippen MR) is 105 cm³/mol. The van der Waals surface area contributed by atoms with Crippen molar-refractivity contribution in [2.24, 2.45) is 11.8 Å². The standard InChI is InChI=1S/C18H26ClFN6O3/c19-18-22-15(21-13-6-3-7-13)14(20)16(23-18)24-25-17(28)12(9-26(29)10-27)8-11-4-1-2-5-11/h10-13,29H,1-9H2,(H,25,28)(H2,21,22,23,24)/t12-/m0/s1. The molecule has 1 aromatic rings. The van der Waals surface area contributed by atoms with Gasteiger partial charge in [0.2, 0.25) is 23.4 Å². The first-order valence-electron chi connectivity index (χ1n) is 9.92. The smallest absolute Gasteiger partial charge is 0.243 e. The van der Waals surface area contributed by atoms with E-state index in [1.165, 1.54) is 0 Å². The molecule has 11 heteroatoms. The first-order chi connectivity index (χ1) is 14.0. The normalized spacial score (nSPS) is 18.0. The number of hydrogen-bond acceptors (Lipinski definition) is 7. The highest BCUT2D eigenvalue weighted by Crippen LogP contribution is 2.31. The number of nitrogens with zero attached hydrogens (tertiary/aromatic N) is 3. The molecule has 0 spiro atoms. The third-order valence-electron chi connectivity index (χ3n) is 5.57. The lowest BCUT2D eigenvalue weighted by atomic mass is 9.92. The van der Waals surface area contributed by atoms with Crippen LogP contribution in [0.4, 0.5) is 16.0 Å². The zero-order chi connectivity index (χ0) is 20.8. The molecular formula is C18H26ClFN6O3. The number of hydrazine groups is 1. The van der Waals surface area contributed by atoms with Crippen LogP contribution in [0.15, 0.2) is 0 Å². The maximum absolute atomic E-state index is 14.7. The molecule has 0 saturated heterocycles. The fraction of sp³-hybridized carbons (Fsp3) is 0.667. The largest absolute Gasteiger partial charge is 0.365 e. The molecule has 2 saturated carbocycles. The molecule has 2 amide bonds. The average molecular weight is 429 g/mol. The summed E-state index contributed by atoms with van der Waals surface area (Å²) in [6.45, 7) is -0.144. The topological polar surface area (TPSA) is 119 Å². The molecule has 1 atom stereocenters. The van der Waals surface area contributed by atoms with Crippen LogP contribution in [0.25, 0.3) is 0 Å². The van der Waals surface area contributed by atoms with Crippen molar-refractivity contribution < 1.29 is 19.2 Å². The van der Waals surface area contributed by atoms with Crippen LogP contribution in [0.3, 0.4) is 0 Å². The monoisotopic (exact) mass is 428 g/mol. The van der Waals surface area contributed by atoms with Crippen molar-refractivity contribution in [3.63, 3.8) is 0 Å². The van der Waals surface area contributed by atoms with Gasteiger partial charge < -0.3 is 5.32 Å². The highest BCUT2D eigenvalue weighted by Gasteiger charge is 2.27. The summed E-state index contributed by atoms with van der Waals surface area (Å²) in [7, 11) is 0. The third-order valence-corrected chi connectivity index (χ3v) is 5.74. The molecule has 4 N–H and O–H groups in total. The van der Waals surface area contributed by atoms with Crippen molar-refractivity contribution in [3.8, 4) is 0 Å². The van der Waals surface area contributed by atoms with Gasteiger partial charge in [0.05, 0.1) is 12.5 Å². The maximum atomic E-state index is 14.7. The molecule has 0 aromatic carbocycles. The van der Waals surface area contributed by atoms with Gasteiger partial charge in [0.25, 0.3) is 0 Å². The van der Waals surface area contributed by atoms with Crippen LogP contribution < -0.4 is 16.2 Å². The second-order valence-corrected chi connectivity index (χ2v) is 8.04. The minimum Gasteiger partial charge on any atom is -0.365 e. The molecule has 1 aromatic heterocycles. The van der Waals surface area contributed by atoms with Crippen molar-refractivity contribution in [2.45, 2.75) is 57.4 Å². The Labute approximate surface area is 173 Å². The van der Waals surface area contributed by atoms with E-state index in [1.54, 1.807) is 0 Å². The van der Waals surface area contributed by atoms with Crippen LogP contribution in [0.1, 0.15) is 51.4 Å². The minimum absolute atomic E-state index is 0.0172. The van der Waals surface area contributed by atoms with Gasteiger partial charge in [0.1, 0.15) is 0 Å². The van der Waals surface area contributed by atoms with Crippen molar-refractivity contribution >= 4 is 35.6 Å². The zero-order valence-electron chi connectivity index (χ0n) is 16.0. The molecule has 9 nitrogen and oxygen atoms in total. The molecule has 0 aliphatic heterocycles. The first-order valence-corrected chi connectivity index (χ1v) is 10.3. The molecule has 29 heavy (non-hydrogen) atoms. The Morgan fingerprint density at radius 3 is 2.55 bits per heavy atom. The van der Waals surface area contributed by atoms with Gasteiger partial charge in [-0.15, -0.1) is 0 Å². The number of hydroxylamine groups is 2. The van der Waals surface area contributed by atoms with E-state index >= 15 is 0 Å². The number of halogens is 2. The molecule has 1 heterocycles. The Morgan fingerprint density at radius 1 is 1.24 bits per heavy atom. The molecule has 0 unspecified atom stereocenters. The van der Waals surface area contributed by atoms with Gasteiger partial charge in [0.15, 0.2) is 11.6 Å². The van der Waals surface area contributed by atoms with E-state index in [4.69, 9.17) is 11.6 Å². The molecule has 0 radical (unpaired) electrons. The number of rotatable bonds is 10. The molecule has 160 valence electrons. The Balaban J connectivity index is 1.63. The summed E-state index contributed by atoms with van der Waals surface area (Å²) in [5, 5.41) is 12.8. The summed E-state index contributed by atoms with van der Waals surface area (Å²) in [6.07, 6.45) is 7.95. The van der Waals surface area contributed by atoms with E-state index in [-0.39, 0.29) is 35.9 Å². The Bertz CT molecular complexity index is 730. The molecule has 2 aliphatic carbocycles. The zero-order valence-corrected chi connectivity index (χ0v) is 16.8. The van der Waals surface area contributed by atoms with Gasteiger partial charge in [-0.1, -0.05) is 25.7 Å². The molecule has 2 aliphatic rings. The van der Waals surface area contributed by atoms with Gasteiger partial charge in [-0.05, 0) is 43.2 Å². The van der Waals surface area contributed by atoms with Crippen LogP contribution in [-0.4, -0.2) is 45.1 Å². The summed E-state index contributed by atoms with van der Waals surface area (Å²) < 4.78 is 14.7. The highest BCUT2D eigenvalue weighted by atomic mass is 35.5. The van der Waals surface area contributed by atoms with Crippen LogP contribution in [-0.2, 0) is 9.59 Å². The second-order valence-electron chi connectivity index (χ2n) is 7.70. The predicted octanol–water partition coefficient (Wildman–Crippen LogP) is 2.72. The van der Waals surface area contributed by atoms with Gasteiger partial charge in [-0.3, -0.25) is 25.6 Å². The van der Waals surface area contributed by atoms with E-state index in [0.717, 1.165) is 44.9 Å². The minimum atomic E-state index is -0.745.